The molecule has 2 aliphatic heterocycles. The highest BCUT2D eigenvalue weighted by Gasteiger charge is 2.76. The highest BCUT2D eigenvalue weighted by atomic mass is 16.3. The number of likely N-dealkylation sites (tertiary alicyclic amines) is 2. The second-order valence-corrected chi connectivity index (χ2v) is 12.4. The summed E-state index contributed by atoms with van der Waals surface area (Å²) in [6.07, 6.45) is 9.97. The van der Waals surface area contributed by atoms with Crippen LogP contribution in [0.2, 0.25) is 0 Å². The third kappa shape index (κ3) is 2.54. The van der Waals surface area contributed by atoms with Gasteiger partial charge in [-0.2, -0.15) is 0 Å². The van der Waals surface area contributed by atoms with Crippen LogP contribution in [0.4, 0.5) is 0 Å². The summed E-state index contributed by atoms with van der Waals surface area (Å²) >= 11 is 0. The monoisotopic (exact) mass is 471 g/mol. The summed E-state index contributed by atoms with van der Waals surface area (Å²) in [5.41, 5.74) is 3.38. The first-order valence-electron chi connectivity index (χ1n) is 13.6. The van der Waals surface area contributed by atoms with Crippen LogP contribution in [0.1, 0.15) is 60.1 Å². The molecule has 1 aromatic carbocycles. The minimum Gasteiger partial charge on any atom is -0.508 e. The van der Waals surface area contributed by atoms with Gasteiger partial charge >= 0.3 is 0 Å². The number of benzene rings is 1. The molecule has 6 atom stereocenters. The van der Waals surface area contributed by atoms with Gasteiger partial charge in [0.05, 0.1) is 0 Å². The topological polar surface area (TPSA) is 76.6 Å². The van der Waals surface area contributed by atoms with Gasteiger partial charge in [0.25, 0.3) is 5.91 Å². The maximum atomic E-state index is 13.6. The van der Waals surface area contributed by atoms with E-state index >= 15 is 0 Å². The lowest BCUT2D eigenvalue weighted by Gasteiger charge is -2.66. The Balaban J connectivity index is 1.25. The number of rotatable bonds is 3. The number of phenolic OH excluding ortho intramolecular Hbond substituents is 1. The molecule has 1 aromatic heterocycles. The maximum absolute atomic E-state index is 13.6. The van der Waals surface area contributed by atoms with E-state index in [1.807, 2.05) is 6.07 Å². The predicted octanol–water partition coefficient (Wildman–Crippen LogP) is 3.30. The van der Waals surface area contributed by atoms with Gasteiger partial charge in [0, 0.05) is 48.9 Å². The van der Waals surface area contributed by atoms with Gasteiger partial charge in [0.1, 0.15) is 11.4 Å². The SMILES string of the molecule is O=C(c1cc(=O)cc[nH]1)N1C[C@H]2C[C@@]34CC[C@@H]1[C@@H]2[C@@]31CCN(CC2CC2)[C@@H]4Cc2ccc(O)cc21. The first-order chi connectivity index (χ1) is 17.0. The summed E-state index contributed by atoms with van der Waals surface area (Å²) in [6, 6.07) is 9.83. The van der Waals surface area contributed by atoms with E-state index in [4.69, 9.17) is 0 Å². The maximum Gasteiger partial charge on any atom is 0.270 e. The van der Waals surface area contributed by atoms with E-state index in [2.05, 4.69) is 26.9 Å². The molecule has 0 unspecified atom stereocenters. The zero-order valence-corrected chi connectivity index (χ0v) is 20.1. The number of piperidine rings is 1. The first-order valence-corrected chi connectivity index (χ1v) is 13.6. The van der Waals surface area contributed by atoms with Gasteiger partial charge in [0.2, 0.25) is 0 Å². The smallest absolute Gasteiger partial charge is 0.270 e. The summed E-state index contributed by atoms with van der Waals surface area (Å²) in [4.78, 5) is 33.6. The van der Waals surface area contributed by atoms with Crippen LogP contribution in [-0.2, 0) is 11.8 Å². The Labute approximate surface area is 205 Å². The van der Waals surface area contributed by atoms with Crippen molar-refractivity contribution in [2.75, 3.05) is 19.6 Å². The average molecular weight is 472 g/mol. The molecule has 4 aliphatic carbocycles. The molecule has 6 nitrogen and oxygen atoms in total. The number of H-pyrrole nitrogens is 1. The van der Waals surface area contributed by atoms with Crippen molar-refractivity contribution in [2.45, 2.75) is 62.4 Å². The van der Waals surface area contributed by atoms with E-state index in [9.17, 15) is 14.7 Å². The molecule has 0 radical (unpaired) electrons. The van der Waals surface area contributed by atoms with Crippen molar-refractivity contribution in [3.63, 3.8) is 0 Å². The molecule has 2 aromatic rings. The van der Waals surface area contributed by atoms with Crippen molar-refractivity contribution < 1.29 is 9.90 Å². The first kappa shape index (κ1) is 20.6. The number of carbonyl (C=O) groups is 1. The summed E-state index contributed by atoms with van der Waals surface area (Å²) in [7, 11) is 0. The quantitative estimate of drug-likeness (QED) is 0.720. The highest BCUT2D eigenvalue weighted by Crippen LogP contribution is 2.75. The number of hydrogen-bond acceptors (Lipinski definition) is 4. The number of carbonyl (C=O) groups excluding carboxylic acids is 1. The zero-order chi connectivity index (χ0) is 23.5. The van der Waals surface area contributed by atoms with Gasteiger partial charge in [-0.1, -0.05) is 6.07 Å². The van der Waals surface area contributed by atoms with Crippen molar-refractivity contribution >= 4 is 5.91 Å². The van der Waals surface area contributed by atoms with Gasteiger partial charge in [-0.25, -0.2) is 0 Å². The molecule has 35 heavy (non-hydrogen) atoms. The molecule has 2 saturated heterocycles. The summed E-state index contributed by atoms with van der Waals surface area (Å²) in [5.74, 6) is 2.15. The molecule has 5 fully saturated rings. The molecule has 6 heteroatoms. The van der Waals surface area contributed by atoms with Crippen LogP contribution in [0, 0.1) is 23.2 Å². The van der Waals surface area contributed by atoms with Crippen molar-refractivity contribution in [1.82, 2.24) is 14.8 Å². The van der Waals surface area contributed by atoms with Gasteiger partial charge in [-0.05, 0) is 97.9 Å². The molecule has 3 saturated carbocycles. The Hall–Kier alpha value is -2.60. The standard InChI is InChI=1S/C29H33N3O3/c33-20-4-3-18-11-25-28-7-5-24-26(29(28,22(18)12-20)8-10-31(25)15-17-1-2-17)19(14-28)16-32(24)27(35)23-13-21(34)6-9-30-23/h3-4,6,9,12-13,17,19,24-26,33H,1-2,5,7-8,10-11,14-16H2,(H,30,34)/t19-,24-,25-,26-,28-,29+/m1/s1. The van der Waals surface area contributed by atoms with E-state index in [1.54, 1.807) is 6.20 Å². The summed E-state index contributed by atoms with van der Waals surface area (Å²) in [6.45, 7) is 3.17. The number of phenols is 1. The number of hydrogen-bond donors (Lipinski definition) is 2. The molecule has 4 bridgehead atoms. The lowest BCUT2D eigenvalue weighted by Crippen LogP contribution is -2.69. The zero-order valence-electron chi connectivity index (χ0n) is 20.1. The van der Waals surface area contributed by atoms with Gasteiger partial charge < -0.3 is 15.0 Å². The van der Waals surface area contributed by atoms with Crippen LogP contribution in [0.5, 0.6) is 5.75 Å². The average Bonchev–Trinajstić information content (AvgIpc) is 3.54. The van der Waals surface area contributed by atoms with Crippen LogP contribution in [0.15, 0.2) is 41.3 Å². The second-order valence-electron chi connectivity index (χ2n) is 12.4. The fourth-order valence-corrected chi connectivity index (χ4v) is 9.90. The molecular formula is C29H33N3O3. The minimum atomic E-state index is -0.129. The van der Waals surface area contributed by atoms with E-state index in [0.29, 0.717) is 29.3 Å². The predicted molar refractivity (Wildman–Crippen MR) is 131 cm³/mol. The number of fused-ring (bicyclic) bond motifs is 1. The number of nitrogens with zero attached hydrogens (tertiary/aromatic N) is 2. The fourth-order valence-electron chi connectivity index (χ4n) is 9.90. The van der Waals surface area contributed by atoms with E-state index in [1.165, 1.54) is 49.1 Å². The lowest BCUT2D eigenvalue weighted by atomic mass is 9.43. The minimum absolute atomic E-state index is 0.0272. The van der Waals surface area contributed by atoms with Crippen LogP contribution < -0.4 is 5.43 Å². The van der Waals surface area contributed by atoms with E-state index < -0.39 is 0 Å². The molecule has 1 amide bonds. The Bertz CT molecular complexity index is 1300. The van der Waals surface area contributed by atoms with Gasteiger partial charge in [-0.15, -0.1) is 0 Å². The van der Waals surface area contributed by atoms with Crippen LogP contribution in [-0.4, -0.2) is 57.5 Å². The van der Waals surface area contributed by atoms with Crippen LogP contribution in [0.25, 0.3) is 0 Å². The Kier molecular flexibility index (Phi) is 3.99. The third-order valence-electron chi connectivity index (χ3n) is 11.0. The highest BCUT2D eigenvalue weighted by molar-refractivity contribution is 5.92. The Morgan fingerprint density at radius 1 is 1.14 bits per heavy atom. The van der Waals surface area contributed by atoms with Crippen molar-refractivity contribution in [2.24, 2.45) is 23.2 Å². The molecule has 8 rings (SSSR count). The van der Waals surface area contributed by atoms with E-state index in [-0.39, 0.29) is 28.2 Å². The molecular weight excluding hydrogens is 438 g/mol. The molecule has 6 aliphatic rings. The number of aromatic nitrogens is 1. The number of aromatic amines is 1. The number of amides is 1. The van der Waals surface area contributed by atoms with E-state index in [0.717, 1.165) is 44.7 Å². The van der Waals surface area contributed by atoms with Crippen molar-refractivity contribution in [1.29, 1.82) is 0 Å². The summed E-state index contributed by atoms with van der Waals surface area (Å²) in [5, 5.41) is 10.6. The summed E-state index contributed by atoms with van der Waals surface area (Å²) < 4.78 is 0. The van der Waals surface area contributed by atoms with Gasteiger partial charge in [-0.3, -0.25) is 14.5 Å². The Morgan fingerprint density at radius 2 is 2.03 bits per heavy atom. The molecule has 0 spiro atoms. The van der Waals surface area contributed by atoms with Gasteiger partial charge in [0.15, 0.2) is 5.43 Å². The second kappa shape index (κ2) is 6.78. The normalized spacial score (nSPS) is 38.8. The molecule has 182 valence electrons. The number of aromatic hydroxyl groups is 1. The molecule has 3 heterocycles. The number of nitrogens with one attached hydrogen (secondary N) is 1. The van der Waals surface area contributed by atoms with Crippen molar-refractivity contribution in [3.05, 3.63) is 63.6 Å². The largest absolute Gasteiger partial charge is 0.508 e. The lowest BCUT2D eigenvalue weighted by molar-refractivity contribution is -0.102. The molecule has 2 N–H and O–H groups in total. The third-order valence-corrected chi connectivity index (χ3v) is 11.0. The number of pyridine rings is 1. The van der Waals surface area contributed by atoms with Crippen molar-refractivity contribution in [3.8, 4) is 5.75 Å². The Morgan fingerprint density at radius 3 is 2.86 bits per heavy atom. The van der Waals surface area contributed by atoms with Crippen LogP contribution >= 0.6 is 0 Å². The van der Waals surface area contributed by atoms with Crippen LogP contribution in [0.3, 0.4) is 0 Å². The fraction of sp³-hybridized carbons (Fsp3) is 0.586.